The smallest absolute Gasteiger partial charge is 0.224 e. The van der Waals surface area contributed by atoms with Gasteiger partial charge in [0.25, 0.3) is 0 Å². The molecule has 1 aliphatic heterocycles. The van der Waals surface area contributed by atoms with Gasteiger partial charge in [0.15, 0.2) is 0 Å². The van der Waals surface area contributed by atoms with Crippen LogP contribution in [0.1, 0.15) is 32.6 Å². The number of amides is 2. The van der Waals surface area contributed by atoms with Crippen molar-refractivity contribution in [3.05, 3.63) is 24.4 Å². The first-order valence-corrected chi connectivity index (χ1v) is 9.34. The fraction of sp³-hybridized carbons (Fsp3) is 0.632. The average Bonchev–Trinajstić information content (AvgIpc) is 3.48. The first kappa shape index (κ1) is 17.7. The van der Waals surface area contributed by atoms with Gasteiger partial charge >= 0.3 is 0 Å². The van der Waals surface area contributed by atoms with Crippen LogP contribution in [0.2, 0.25) is 0 Å². The van der Waals surface area contributed by atoms with E-state index in [-0.39, 0.29) is 11.8 Å². The van der Waals surface area contributed by atoms with Crippen LogP contribution in [-0.4, -0.2) is 54.4 Å². The Labute approximate surface area is 149 Å². The molecule has 6 heteroatoms. The van der Waals surface area contributed by atoms with Gasteiger partial charge in [-0.2, -0.15) is 0 Å². The van der Waals surface area contributed by atoms with Crippen molar-refractivity contribution in [2.75, 3.05) is 37.6 Å². The van der Waals surface area contributed by atoms with E-state index < -0.39 is 0 Å². The van der Waals surface area contributed by atoms with Crippen molar-refractivity contribution in [1.82, 2.24) is 15.2 Å². The third-order valence-corrected chi connectivity index (χ3v) is 5.20. The number of nitrogens with one attached hydrogen (secondary N) is 1. The van der Waals surface area contributed by atoms with E-state index in [0.29, 0.717) is 38.4 Å². The van der Waals surface area contributed by atoms with Crippen molar-refractivity contribution in [2.45, 2.75) is 32.6 Å². The van der Waals surface area contributed by atoms with Gasteiger partial charge in [0.05, 0.1) is 0 Å². The Morgan fingerprint density at radius 2 is 2.00 bits per heavy atom. The number of hydrogen-bond donors (Lipinski definition) is 1. The average molecular weight is 344 g/mol. The van der Waals surface area contributed by atoms with Gasteiger partial charge in [-0.25, -0.2) is 4.98 Å². The van der Waals surface area contributed by atoms with Crippen molar-refractivity contribution >= 4 is 17.6 Å². The number of aromatic nitrogens is 1. The molecule has 25 heavy (non-hydrogen) atoms. The standard InChI is InChI=1S/C19H28N4O2/c1-15(16-5-6-16)14-18(24)21-9-7-19(25)23-12-10-22(11-13-23)17-4-2-3-8-20-17/h2-4,8,15-16H,5-7,9-14H2,1H3,(H,21,24). The van der Waals surface area contributed by atoms with Crippen LogP contribution in [0.4, 0.5) is 5.82 Å². The molecule has 1 unspecified atom stereocenters. The van der Waals surface area contributed by atoms with Crippen molar-refractivity contribution < 1.29 is 9.59 Å². The predicted octanol–water partition coefficient (Wildman–Crippen LogP) is 1.67. The van der Waals surface area contributed by atoms with Crippen LogP contribution in [0.25, 0.3) is 0 Å². The quantitative estimate of drug-likeness (QED) is 0.817. The Morgan fingerprint density at radius 3 is 2.64 bits per heavy atom. The largest absolute Gasteiger partial charge is 0.356 e. The zero-order valence-electron chi connectivity index (χ0n) is 15.0. The molecule has 2 heterocycles. The molecule has 0 spiro atoms. The summed E-state index contributed by atoms with van der Waals surface area (Å²) in [4.78, 5) is 32.6. The zero-order chi connectivity index (χ0) is 17.6. The van der Waals surface area contributed by atoms with Crippen LogP contribution in [-0.2, 0) is 9.59 Å². The Hall–Kier alpha value is -2.11. The molecule has 2 amide bonds. The maximum atomic E-state index is 12.3. The van der Waals surface area contributed by atoms with Crippen LogP contribution < -0.4 is 10.2 Å². The molecule has 2 aliphatic rings. The minimum atomic E-state index is 0.0761. The molecule has 0 aromatic carbocycles. The Morgan fingerprint density at radius 1 is 1.24 bits per heavy atom. The third-order valence-electron chi connectivity index (χ3n) is 5.20. The molecule has 1 aromatic rings. The second kappa shape index (κ2) is 8.32. The summed E-state index contributed by atoms with van der Waals surface area (Å²) < 4.78 is 0. The van der Waals surface area contributed by atoms with E-state index in [1.54, 1.807) is 6.20 Å². The molecule has 1 N–H and O–H groups in total. The molecular formula is C19H28N4O2. The first-order chi connectivity index (χ1) is 12.1. The maximum absolute atomic E-state index is 12.3. The molecule has 136 valence electrons. The minimum absolute atomic E-state index is 0.0761. The van der Waals surface area contributed by atoms with E-state index in [0.717, 1.165) is 24.8 Å². The number of piperazine rings is 1. The molecule has 1 atom stereocenters. The third kappa shape index (κ3) is 5.18. The zero-order valence-corrected chi connectivity index (χ0v) is 15.0. The summed E-state index contributed by atoms with van der Waals surface area (Å²) in [5, 5.41) is 2.89. The molecular weight excluding hydrogens is 316 g/mol. The van der Waals surface area contributed by atoms with E-state index in [1.807, 2.05) is 23.1 Å². The SMILES string of the molecule is CC(CC(=O)NCCC(=O)N1CCN(c2ccccn2)CC1)C1CC1. The van der Waals surface area contributed by atoms with Gasteiger partial charge < -0.3 is 15.1 Å². The van der Waals surface area contributed by atoms with E-state index in [4.69, 9.17) is 0 Å². The molecule has 1 aromatic heterocycles. The van der Waals surface area contributed by atoms with Crippen molar-refractivity contribution in [3.63, 3.8) is 0 Å². The Bertz CT molecular complexity index is 580. The van der Waals surface area contributed by atoms with Gasteiger partial charge in [0.2, 0.25) is 11.8 Å². The van der Waals surface area contributed by atoms with E-state index >= 15 is 0 Å². The molecule has 0 bridgehead atoms. The van der Waals surface area contributed by atoms with Crippen LogP contribution in [0.5, 0.6) is 0 Å². The van der Waals surface area contributed by atoms with Gasteiger partial charge in [-0.05, 0) is 36.8 Å². The van der Waals surface area contributed by atoms with E-state index in [9.17, 15) is 9.59 Å². The topological polar surface area (TPSA) is 65.5 Å². The molecule has 2 fully saturated rings. The lowest BCUT2D eigenvalue weighted by atomic mass is 10.0. The highest BCUT2D eigenvalue weighted by molar-refractivity contribution is 5.79. The number of rotatable bonds is 7. The first-order valence-electron chi connectivity index (χ1n) is 9.34. The lowest BCUT2D eigenvalue weighted by molar-refractivity contribution is -0.131. The predicted molar refractivity (Wildman–Crippen MR) is 97.2 cm³/mol. The number of pyridine rings is 1. The van der Waals surface area contributed by atoms with Crippen molar-refractivity contribution in [3.8, 4) is 0 Å². The second-order valence-electron chi connectivity index (χ2n) is 7.17. The highest BCUT2D eigenvalue weighted by atomic mass is 16.2. The normalized spacial score (nSPS) is 18.8. The van der Waals surface area contributed by atoms with Crippen molar-refractivity contribution in [2.24, 2.45) is 11.8 Å². The van der Waals surface area contributed by atoms with Crippen LogP contribution in [0, 0.1) is 11.8 Å². The number of anilines is 1. The lowest BCUT2D eigenvalue weighted by Gasteiger charge is -2.35. The second-order valence-corrected chi connectivity index (χ2v) is 7.17. The van der Waals surface area contributed by atoms with Crippen molar-refractivity contribution in [1.29, 1.82) is 0 Å². The number of hydrogen-bond acceptors (Lipinski definition) is 4. The Kier molecular flexibility index (Phi) is 5.89. The highest BCUT2D eigenvalue weighted by Crippen LogP contribution is 2.37. The van der Waals surface area contributed by atoms with E-state index in [2.05, 4.69) is 22.1 Å². The Balaban J connectivity index is 1.33. The van der Waals surface area contributed by atoms with Gasteiger partial charge in [0.1, 0.15) is 5.82 Å². The summed E-state index contributed by atoms with van der Waals surface area (Å²) in [7, 11) is 0. The molecule has 0 radical (unpaired) electrons. The van der Waals surface area contributed by atoms with Crippen LogP contribution in [0.3, 0.4) is 0 Å². The fourth-order valence-corrected chi connectivity index (χ4v) is 3.39. The number of nitrogens with zero attached hydrogens (tertiary/aromatic N) is 3. The van der Waals surface area contributed by atoms with Gasteiger partial charge in [0, 0.05) is 51.8 Å². The van der Waals surface area contributed by atoms with Gasteiger partial charge in [-0.3, -0.25) is 9.59 Å². The van der Waals surface area contributed by atoms with Gasteiger partial charge in [-0.1, -0.05) is 13.0 Å². The maximum Gasteiger partial charge on any atom is 0.224 e. The molecule has 6 nitrogen and oxygen atoms in total. The lowest BCUT2D eigenvalue weighted by Crippen LogP contribution is -2.49. The summed E-state index contributed by atoms with van der Waals surface area (Å²) >= 11 is 0. The summed E-state index contributed by atoms with van der Waals surface area (Å²) in [6.07, 6.45) is 5.28. The summed E-state index contributed by atoms with van der Waals surface area (Å²) in [5.74, 6) is 2.37. The summed E-state index contributed by atoms with van der Waals surface area (Å²) in [5.41, 5.74) is 0. The molecule has 1 aliphatic carbocycles. The summed E-state index contributed by atoms with van der Waals surface area (Å²) in [6, 6.07) is 5.88. The van der Waals surface area contributed by atoms with Crippen LogP contribution >= 0.6 is 0 Å². The molecule has 1 saturated carbocycles. The number of carbonyl (C=O) groups is 2. The molecule has 3 rings (SSSR count). The number of carbonyl (C=O) groups excluding carboxylic acids is 2. The fourth-order valence-electron chi connectivity index (χ4n) is 3.39. The molecule has 1 saturated heterocycles. The van der Waals surface area contributed by atoms with E-state index in [1.165, 1.54) is 12.8 Å². The highest BCUT2D eigenvalue weighted by Gasteiger charge is 2.29. The minimum Gasteiger partial charge on any atom is -0.356 e. The van der Waals surface area contributed by atoms with Gasteiger partial charge in [-0.15, -0.1) is 0 Å². The van der Waals surface area contributed by atoms with Crippen LogP contribution in [0.15, 0.2) is 24.4 Å². The monoisotopic (exact) mass is 344 g/mol. The summed E-state index contributed by atoms with van der Waals surface area (Å²) in [6.45, 7) is 5.60.